The molecule has 0 bridgehead atoms. The van der Waals surface area contributed by atoms with Gasteiger partial charge in [-0.1, -0.05) is 35.4 Å². The van der Waals surface area contributed by atoms with Crippen molar-refractivity contribution in [2.45, 2.75) is 45.6 Å². The molecule has 2 aromatic carbocycles. The fraction of sp³-hybridized carbons (Fsp3) is 0.435. The van der Waals surface area contributed by atoms with Crippen molar-refractivity contribution in [2.75, 3.05) is 31.5 Å². The zero-order valence-corrected chi connectivity index (χ0v) is 19.3. The van der Waals surface area contributed by atoms with Crippen molar-refractivity contribution >= 4 is 21.6 Å². The lowest BCUT2D eigenvalue weighted by Gasteiger charge is -2.34. The molecule has 2 N–H and O–H groups in total. The SMILES string of the molecule is Cc1ccc(S(=O)(=O)N2CC[NH+]([C@@H](C)C(=O)Nc3c(C)cc(C)cc3C)CC2)cc1. The maximum atomic E-state index is 12.9. The van der Waals surface area contributed by atoms with Gasteiger partial charge in [0.15, 0.2) is 6.04 Å². The van der Waals surface area contributed by atoms with Crippen LogP contribution in [-0.4, -0.2) is 50.9 Å². The standard InChI is InChI=1S/C23H31N3O3S/c1-16-6-8-21(9-7-16)30(28,29)26-12-10-25(11-13-26)20(5)23(27)24-22-18(3)14-17(2)15-19(22)4/h6-9,14-15,20H,10-13H2,1-5H3,(H,24,27)/p+1/t20-/m0/s1. The zero-order valence-electron chi connectivity index (χ0n) is 18.5. The molecule has 1 aliphatic rings. The number of hydrogen-bond donors (Lipinski definition) is 2. The van der Waals surface area contributed by atoms with Crippen LogP contribution in [0.4, 0.5) is 5.69 Å². The third-order valence-corrected chi connectivity index (χ3v) is 7.87. The Morgan fingerprint density at radius 2 is 1.50 bits per heavy atom. The number of carbonyl (C=O) groups excluding carboxylic acids is 1. The van der Waals surface area contributed by atoms with Gasteiger partial charge in [-0.2, -0.15) is 4.31 Å². The van der Waals surface area contributed by atoms with Crippen molar-refractivity contribution in [3.8, 4) is 0 Å². The van der Waals surface area contributed by atoms with E-state index in [0.717, 1.165) is 27.3 Å². The Balaban J connectivity index is 1.63. The van der Waals surface area contributed by atoms with Gasteiger partial charge in [0.1, 0.15) is 0 Å². The largest absolute Gasteiger partial charge is 0.323 e. The van der Waals surface area contributed by atoms with E-state index in [1.807, 2.05) is 46.8 Å². The van der Waals surface area contributed by atoms with E-state index in [4.69, 9.17) is 0 Å². The van der Waals surface area contributed by atoms with E-state index < -0.39 is 10.0 Å². The zero-order chi connectivity index (χ0) is 22.1. The maximum absolute atomic E-state index is 12.9. The molecule has 0 unspecified atom stereocenters. The summed E-state index contributed by atoms with van der Waals surface area (Å²) in [4.78, 5) is 14.3. The quantitative estimate of drug-likeness (QED) is 0.760. The summed E-state index contributed by atoms with van der Waals surface area (Å²) in [6, 6.07) is 10.8. The van der Waals surface area contributed by atoms with Crippen LogP contribution in [0.1, 0.15) is 29.2 Å². The van der Waals surface area contributed by atoms with Gasteiger partial charge >= 0.3 is 0 Å². The maximum Gasteiger partial charge on any atom is 0.282 e. The third kappa shape index (κ3) is 4.74. The number of hydrogen-bond acceptors (Lipinski definition) is 3. The number of nitrogens with one attached hydrogen (secondary N) is 2. The monoisotopic (exact) mass is 430 g/mol. The van der Waals surface area contributed by atoms with Crippen molar-refractivity contribution < 1.29 is 18.1 Å². The van der Waals surface area contributed by atoms with Gasteiger partial charge in [0.2, 0.25) is 10.0 Å². The molecule has 162 valence electrons. The average molecular weight is 431 g/mol. The van der Waals surface area contributed by atoms with Crippen LogP contribution in [0.25, 0.3) is 0 Å². The Hall–Kier alpha value is -2.22. The molecule has 6 nitrogen and oxygen atoms in total. The fourth-order valence-corrected chi connectivity index (χ4v) is 5.54. The first kappa shape index (κ1) is 22.5. The fourth-order valence-electron chi connectivity index (χ4n) is 4.10. The molecule has 3 rings (SSSR count). The van der Waals surface area contributed by atoms with Gasteiger partial charge in [-0.3, -0.25) is 4.79 Å². The third-order valence-electron chi connectivity index (χ3n) is 5.95. The van der Waals surface area contributed by atoms with Crippen LogP contribution < -0.4 is 10.2 Å². The predicted molar refractivity (Wildman–Crippen MR) is 119 cm³/mol. The molecule has 1 amide bonds. The Bertz CT molecular complexity index is 1000. The van der Waals surface area contributed by atoms with Crippen molar-refractivity contribution in [1.82, 2.24) is 4.31 Å². The second-order valence-electron chi connectivity index (χ2n) is 8.36. The molecule has 0 saturated carbocycles. The van der Waals surface area contributed by atoms with Crippen LogP contribution in [0.2, 0.25) is 0 Å². The average Bonchev–Trinajstić information content (AvgIpc) is 2.70. The van der Waals surface area contributed by atoms with Crippen LogP contribution in [0.5, 0.6) is 0 Å². The molecule has 7 heteroatoms. The molecule has 0 spiro atoms. The summed E-state index contributed by atoms with van der Waals surface area (Å²) in [6.45, 7) is 11.9. The van der Waals surface area contributed by atoms with Crippen molar-refractivity contribution in [1.29, 1.82) is 0 Å². The van der Waals surface area contributed by atoms with Crippen LogP contribution in [0.3, 0.4) is 0 Å². The first-order chi connectivity index (χ1) is 14.1. The lowest BCUT2D eigenvalue weighted by molar-refractivity contribution is -0.917. The highest BCUT2D eigenvalue weighted by Crippen LogP contribution is 2.22. The van der Waals surface area contributed by atoms with Crippen molar-refractivity contribution in [2.24, 2.45) is 0 Å². The number of amides is 1. The summed E-state index contributed by atoms with van der Waals surface area (Å²) in [5.41, 5.74) is 5.18. The number of aryl methyl sites for hydroxylation is 4. The van der Waals surface area contributed by atoms with Gasteiger partial charge in [0, 0.05) is 5.69 Å². The Labute approximate surface area is 179 Å². The molecule has 0 aromatic heterocycles. The van der Waals surface area contributed by atoms with E-state index in [2.05, 4.69) is 17.4 Å². The summed E-state index contributed by atoms with van der Waals surface area (Å²) in [7, 11) is -3.49. The van der Waals surface area contributed by atoms with E-state index in [-0.39, 0.29) is 11.9 Å². The van der Waals surface area contributed by atoms with Gasteiger partial charge < -0.3 is 10.2 Å². The Morgan fingerprint density at radius 1 is 0.967 bits per heavy atom. The smallest absolute Gasteiger partial charge is 0.282 e. The number of quaternary nitrogens is 1. The highest BCUT2D eigenvalue weighted by Gasteiger charge is 2.34. The number of rotatable bonds is 5. The molecule has 0 radical (unpaired) electrons. The Morgan fingerprint density at radius 3 is 2.03 bits per heavy atom. The van der Waals surface area contributed by atoms with Crippen LogP contribution in [0.15, 0.2) is 41.3 Å². The van der Waals surface area contributed by atoms with E-state index in [9.17, 15) is 13.2 Å². The van der Waals surface area contributed by atoms with E-state index in [1.54, 1.807) is 12.1 Å². The number of sulfonamides is 1. The van der Waals surface area contributed by atoms with E-state index in [0.29, 0.717) is 31.1 Å². The molecule has 0 aliphatic carbocycles. The number of benzene rings is 2. The normalized spacial score (nSPS) is 17.0. The van der Waals surface area contributed by atoms with Crippen LogP contribution >= 0.6 is 0 Å². The number of nitrogens with zero attached hydrogens (tertiary/aromatic N) is 1. The number of carbonyl (C=O) groups is 1. The predicted octanol–water partition coefficient (Wildman–Crippen LogP) is 1.84. The molecule has 1 aliphatic heterocycles. The van der Waals surface area contributed by atoms with Crippen molar-refractivity contribution in [3.63, 3.8) is 0 Å². The second-order valence-corrected chi connectivity index (χ2v) is 10.3. The molecular formula is C23H32N3O3S+. The van der Waals surface area contributed by atoms with Gasteiger partial charge in [-0.05, 0) is 57.9 Å². The minimum Gasteiger partial charge on any atom is -0.323 e. The highest BCUT2D eigenvalue weighted by atomic mass is 32.2. The van der Waals surface area contributed by atoms with Crippen LogP contribution in [0, 0.1) is 27.7 Å². The summed E-state index contributed by atoms with van der Waals surface area (Å²) < 4.78 is 27.3. The van der Waals surface area contributed by atoms with Gasteiger partial charge in [0.05, 0.1) is 31.1 Å². The summed E-state index contributed by atoms with van der Waals surface area (Å²) in [6.07, 6.45) is 0. The topological polar surface area (TPSA) is 70.9 Å². The molecule has 2 aromatic rings. The molecule has 1 fully saturated rings. The number of piperazine rings is 1. The Kier molecular flexibility index (Phi) is 6.65. The van der Waals surface area contributed by atoms with Crippen molar-refractivity contribution in [3.05, 3.63) is 58.7 Å². The second kappa shape index (κ2) is 8.88. The molecule has 1 atom stereocenters. The molecular weight excluding hydrogens is 398 g/mol. The van der Waals surface area contributed by atoms with E-state index >= 15 is 0 Å². The lowest BCUT2D eigenvalue weighted by Crippen LogP contribution is -3.19. The minimum absolute atomic E-state index is 0.0325. The van der Waals surface area contributed by atoms with Gasteiger partial charge in [-0.25, -0.2) is 8.42 Å². The first-order valence-electron chi connectivity index (χ1n) is 10.4. The number of anilines is 1. The van der Waals surface area contributed by atoms with Crippen LogP contribution in [-0.2, 0) is 14.8 Å². The highest BCUT2D eigenvalue weighted by molar-refractivity contribution is 7.89. The summed E-state index contributed by atoms with van der Waals surface area (Å²) >= 11 is 0. The first-order valence-corrected chi connectivity index (χ1v) is 11.8. The molecule has 30 heavy (non-hydrogen) atoms. The molecule has 1 saturated heterocycles. The summed E-state index contributed by atoms with van der Waals surface area (Å²) in [5, 5.41) is 3.08. The lowest BCUT2D eigenvalue weighted by atomic mass is 10.0. The van der Waals surface area contributed by atoms with E-state index in [1.165, 1.54) is 9.87 Å². The molecule has 1 heterocycles. The minimum atomic E-state index is -3.49. The van der Waals surface area contributed by atoms with Gasteiger partial charge in [0.25, 0.3) is 5.91 Å². The summed E-state index contributed by atoms with van der Waals surface area (Å²) in [5.74, 6) is -0.0325. The van der Waals surface area contributed by atoms with Gasteiger partial charge in [-0.15, -0.1) is 0 Å².